The SMILES string of the molecule is CC(C)Oc1c(C(C)c2nc(Cl)c3c(Cl)cccn23)cc(Cl)c(F)c1-c1ccc(C(F)(F)F)nc1. The summed E-state index contributed by atoms with van der Waals surface area (Å²) in [6.45, 7) is 5.30. The highest BCUT2D eigenvalue weighted by molar-refractivity contribution is 6.39. The van der Waals surface area contributed by atoms with Gasteiger partial charge in [-0.15, -0.1) is 0 Å². The smallest absolute Gasteiger partial charge is 0.433 e. The second-order valence-electron chi connectivity index (χ2n) is 8.12. The van der Waals surface area contributed by atoms with Crippen LogP contribution in [0.5, 0.6) is 5.75 Å². The summed E-state index contributed by atoms with van der Waals surface area (Å²) >= 11 is 18.9. The van der Waals surface area contributed by atoms with Gasteiger partial charge in [0.05, 0.1) is 21.7 Å². The molecule has 0 radical (unpaired) electrons. The fraction of sp³-hybridized carbons (Fsp3) is 0.250. The summed E-state index contributed by atoms with van der Waals surface area (Å²) in [7, 11) is 0. The van der Waals surface area contributed by atoms with Crippen molar-refractivity contribution in [2.75, 3.05) is 0 Å². The van der Waals surface area contributed by atoms with Gasteiger partial charge in [-0.3, -0.25) is 4.98 Å². The van der Waals surface area contributed by atoms with Gasteiger partial charge in [0.2, 0.25) is 0 Å². The Hall–Kier alpha value is -2.55. The first kappa shape index (κ1) is 25.5. The molecule has 0 fully saturated rings. The summed E-state index contributed by atoms with van der Waals surface area (Å²) in [6.07, 6.45) is -2.34. The molecule has 1 unspecified atom stereocenters. The number of alkyl halides is 3. The lowest BCUT2D eigenvalue weighted by atomic mass is 9.93. The van der Waals surface area contributed by atoms with Crippen LogP contribution in [0, 0.1) is 5.82 Å². The van der Waals surface area contributed by atoms with E-state index in [-0.39, 0.29) is 27.1 Å². The largest absolute Gasteiger partial charge is 0.490 e. The van der Waals surface area contributed by atoms with E-state index in [1.165, 1.54) is 6.07 Å². The summed E-state index contributed by atoms with van der Waals surface area (Å²) in [6, 6.07) is 6.73. The van der Waals surface area contributed by atoms with Gasteiger partial charge in [-0.05, 0) is 38.1 Å². The molecule has 0 amide bonds. The number of aromatic nitrogens is 3. The Morgan fingerprint density at radius 2 is 1.74 bits per heavy atom. The second kappa shape index (κ2) is 9.48. The third kappa shape index (κ3) is 4.79. The van der Waals surface area contributed by atoms with Crippen LogP contribution in [0.4, 0.5) is 17.6 Å². The van der Waals surface area contributed by atoms with Crippen LogP contribution in [0.2, 0.25) is 15.2 Å². The summed E-state index contributed by atoms with van der Waals surface area (Å²) in [5.74, 6) is -0.763. The zero-order valence-corrected chi connectivity index (χ0v) is 20.9. The van der Waals surface area contributed by atoms with E-state index >= 15 is 4.39 Å². The molecule has 3 aromatic heterocycles. The Labute approximate surface area is 213 Å². The van der Waals surface area contributed by atoms with E-state index in [1.54, 1.807) is 43.5 Å². The molecule has 3 heterocycles. The summed E-state index contributed by atoms with van der Waals surface area (Å²) in [4.78, 5) is 7.92. The minimum Gasteiger partial charge on any atom is -0.490 e. The van der Waals surface area contributed by atoms with E-state index in [0.717, 1.165) is 18.3 Å². The Kier molecular flexibility index (Phi) is 6.92. The molecule has 0 saturated heterocycles. The van der Waals surface area contributed by atoms with Crippen LogP contribution in [0.3, 0.4) is 0 Å². The number of hydrogen-bond acceptors (Lipinski definition) is 3. The van der Waals surface area contributed by atoms with Crippen molar-refractivity contribution in [1.29, 1.82) is 0 Å². The molecular weight excluding hydrogens is 529 g/mol. The molecule has 0 spiro atoms. The monoisotopic (exact) mass is 545 g/mol. The zero-order valence-electron chi connectivity index (χ0n) is 18.6. The number of fused-ring (bicyclic) bond motifs is 1. The molecule has 35 heavy (non-hydrogen) atoms. The van der Waals surface area contributed by atoms with Crippen molar-refractivity contribution in [2.24, 2.45) is 0 Å². The molecule has 184 valence electrons. The molecule has 4 nitrogen and oxygen atoms in total. The van der Waals surface area contributed by atoms with Gasteiger partial charge >= 0.3 is 6.18 Å². The third-order valence-corrected chi connectivity index (χ3v) is 6.19. The van der Waals surface area contributed by atoms with E-state index in [4.69, 9.17) is 39.5 Å². The van der Waals surface area contributed by atoms with Crippen molar-refractivity contribution < 1.29 is 22.3 Å². The fourth-order valence-electron chi connectivity index (χ4n) is 3.80. The molecule has 0 bridgehead atoms. The average Bonchev–Trinajstić information content (AvgIpc) is 3.13. The quantitative estimate of drug-likeness (QED) is 0.236. The molecule has 1 aromatic carbocycles. The first-order chi connectivity index (χ1) is 16.4. The van der Waals surface area contributed by atoms with Crippen LogP contribution in [-0.4, -0.2) is 20.5 Å². The lowest BCUT2D eigenvalue weighted by molar-refractivity contribution is -0.141. The van der Waals surface area contributed by atoms with Crippen LogP contribution in [-0.2, 0) is 6.18 Å². The van der Waals surface area contributed by atoms with E-state index in [1.807, 2.05) is 0 Å². The van der Waals surface area contributed by atoms with E-state index in [0.29, 0.717) is 21.9 Å². The normalized spacial score (nSPS) is 13.0. The van der Waals surface area contributed by atoms with Crippen molar-refractivity contribution in [3.05, 3.63) is 80.8 Å². The van der Waals surface area contributed by atoms with Crippen LogP contribution in [0.25, 0.3) is 16.6 Å². The first-order valence-electron chi connectivity index (χ1n) is 10.4. The Balaban J connectivity index is 1.95. The number of pyridine rings is 2. The maximum absolute atomic E-state index is 15.4. The van der Waals surface area contributed by atoms with E-state index in [2.05, 4.69) is 9.97 Å². The molecule has 0 aliphatic rings. The molecule has 0 aliphatic carbocycles. The number of benzene rings is 1. The highest BCUT2D eigenvalue weighted by atomic mass is 35.5. The van der Waals surface area contributed by atoms with E-state index < -0.39 is 29.7 Å². The Morgan fingerprint density at radius 3 is 2.34 bits per heavy atom. The lowest BCUT2D eigenvalue weighted by Gasteiger charge is -2.23. The average molecular weight is 547 g/mol. The number of halogens is 7. The van der Waals surface area contributed by atoms with Crippen LogP contribution in [0.1, 0.15) is 43.8 Å². The molecular formula is C24H18Cl3F4N3O. The number of nitrogens with zero attached hydrogens (tertiary/aromatic N) is 3. The Morgan fingerprint density at radius 1 is 1.03 bits per heavy atom. The van der Waals surface area contributed by atoms with Crippen molar-refractivity contribution >= 4 is 40.3 Å². The van der Waals surface area contributed by atoms with Gasteiger partial charge in [-0.1, -0.05) is 47.8 Å². The molecule has 4 rings (SSSR count). The van der Waals surface area contributed by atoms with Gasteiger partial charge in [-0.25, -0.2) is 9.37 Å². The fourth-order valence-corrected chi connectivity index (χ4v) is 4.60. The minimum atomic E-state index is -4.63. The Bertz CT molecular complexity index is 1400. The van der Waals surface area contributed by atoms with Crippen molar-refractivity contribution in [1.82, 2.24) is 14.4 Å². The van der Waals surface area contributed by atoms with E-state index in [9.17, 15) is 13.2 Å². The maximum atomic E-state index is 15.4. The van der Waals surface area contributed by atoms with Gasteiger partial charge < -0.3 is 9.14 Å². The third-order valence-electron chi connectivity index (χ3n) is 5.35. The van der Waals surface area contributed by atoms with Gasteiger partial charge in [0.15, 0.2) is 11.0 Å². The lowest BCUT2D eigenvalue weighted by Crippen LogP contribution is -2.13. The second-order valence-corrected chi connectivity index (χ2v) is 9.29. The zero-order chi connectivity index (χ0) is 25.7. The van der Waals surface area contributed by atoms with Gasteiger partial charge in [0, 0.05) is 29.4 Å². The highest BCUT2D eigenvalue weighted by Crippen LogP contribution is 2.45. The van der Waals surface area contributed by atoms with Crippen LogP contribution >= 0.6 is 34.8 Å². The predicted octanol–water partition coefficient (Wildman–Crippen LogP) is 8.45. The molecule has 0 N–H and O–H groups in total. The molecule has 4 aromatic rings. The maximum Gasteiger partial charge on any atom is 0.433 e. The number of imidazole rings is 1. The number of rotatable bonds is 5. The standard InChI is InChI=1S/C24H18Cl3F4N3O/c1-11(2)35-21-14(12(3)23-33-22(27)20-15(25)5-4-8-34(20)23)9-16(26)19(28)18(21)13-6-7-17(32-10-13)24(29,30)31/h4-12H,1-3H3. The van der Waals surface area contributed by atoms with Gasteiger partial charge in [0.25, 0.3) is 0 Å². The van der Waals surface area contributed by atoms with Gasteiger partial charge in [0.1, 0.15) is 22.8 Å². The van der Waals surface area contributed by atoms with Crippen molar-refractivity contribution in [3.8, 4) is 16.9 Å². The highest BCUT2D eigenvalue weighted by Gasteiger charge is 2.33. The van der Waals surface area contributed by atoms with Crippen LogP contribution in [0.15, 0.2) is 42.7 Å². The van der Waals surface area contributed by atoms with Crippen molar-refractivity contribution in [3.63, 3.8) is 0 Å². The number of hydrogen-bond donors (Lipinski definition) is 0. The topological polar surface area (TPSA) is 39.4 Å². The number of ether oxygens (including phenoxy) is 1. The summed E-state index contributed by atoms with van der Waals surface area (Å²) in [5, 5.41) is 0.350. The summed E-state index contributed by atoms with van der Waals surface area (Å²) < 4.78 is 62.1. The first-order valence-corrected chi connectivity index (χ1v) is 11.6. The van der Waals surface area contributed by atoms with Crippen molar-refractivity contribution in [2.45, 2.75) is 39.0 Å². The molecule has 0 saturated carbocycles. The summed E-state index contributed by atoms with van der Waals surface area (Å²) in [5.41, 5.74) is -0.151. The molecule has 1 atom stereocenters. The molecule has 11 heteroatoms. The van der Waals surface area contributed by atoms with Crippen LogP contribution < -0.4 is 4.74 Å². The molecule has 0 aliphatic heterocycles. The predicted molar refractivity (Wildman–Crippen MR) is 128 cm³/mol. The van der Waals surface area contributed by atoms with Gasteiger partial charge in [-0.2, -0.15) is 13.2 Å². The minimum absolute atomic E-state index is 0.0798.